The second kappa shape index (κ2) is 10.2. The van der Waals surface area contributed by atoms with Crippen LogP contribution >= 0.6 is 23.4 Å². The summed E-state index contributed by atoms with van der Waals surface area (Å²) in [6.07, 6.45) is 0.577. The van der Waals surface area contributed by atoms with E-state index < -0.39 is 0 Å². The van der Waals surface area contributed by atoms with Crippen molar-refractivity contribution in [1.82, 2.24) is 20.2 Å². The standard InChI is InChI=1S/C25H23ClN4O2S/c1-16-14-17(2)29-25(28-16)33-22-21(27-15-19-10-6-7-11-20(19)26)23(31)30(24(22)32)13-12-18-8-4-3-5-9-18/h3-11,14,27H,12-13,15H2,1-2H3. The first-order valence-corrected chi connectivity index (χ1v) is 11.7. The highest BCUT2D eigenvalue weighted by molar-refractivity contribution is 8.04. The lowest BCUT2D eigenvalue weighted by molar-refractivity contribution is -0.137. The molecule has 2 aromatic carbocycles. The predicted molar refractivity (Wildman–Crippen MR) is 130 cm³/mol. The molecular formula is C25H23ClN4O2S. The molecule has 6 nitrogen and oxygen atoms in total. The van der Waals surface area contributed by atoms with Gasteiger partial charge in [-0.2, -0.15) is 0 Å². The van der Waals surface area contributed by atoms with E-state index in [-0.39, 0.29) is 24.1 Å². The average Bonchev–Trinajstić information content (AvgIpc) is 3.00. The van der Waals surface area contributed by atoms with Crippen LogP contribution in [0.1, 0.15) is 22.5 Å². The summed E-state index contributed by atoms with van der Waals surface area (Å²) in [6, 6.07) is 19.0. The molecule has 0 aliphatic carbocycles. The van der Waals surface area contributed by atoms with Gasteiger partial charge in [0.2, 0.25) is 0 Å². The SMILES string of the molecule is Cc1cc(C)nc(SC2=C(NCc3ccccc3Cl)C(=O)N(CCc3ccccc3)C2=O)n1. The molecule has 1 aliphatic rings. The van der Waals surface area contributed by atoms with E-state index in [4.69, 9.17) is 11.6 Å². The van der Waals surface area contributed by atoms with Crippen molar-refractivity contribution in [2.24, 2.45) is 0 Å². The van der Waals surface area contributed by atoms with E-state index in [1.54, 1.807) is 6.07 Å². The molecule has 1 aliphatic heterocycles. The van der Waals surface area contributed by atoms with E-state index in [2.05, 4.69) is 15.3 Å². The molecule has 0 saturated carbocycles. The number of benzene rings is 2. The van der Waals surface area contributed by atoms with Gasteiger partial charge >= 0.3 is 0 Å². The molecule has 0 unspecified atom stereocenters. The Bertz CT molecular complexity index is 1210. The lowest BCUT2D eigenvalue weighted by Gasteiger charge is -2.15. The van der Waals surface area contributed by atoms with Crippen molar-refractivity contribution in [1.29, 1.82) is 0 Å². The molecule has 0 spiro atoms. The van der Waals surface area contributed by atoms with Crippen LogP contribution in [0.25, 0.3) is 0 Å². The van der Waals surface area contributed by atoms with Crippen LogP contribution in [-0.2, 0) is 22.6 Å². The van der Waals surface area contributed by atoms with E-state index in [0.29, 0.717) is 28.0 Å². The van der Waals surface area contributed by atoms with E-state index in [0.717, 1.165) is 34.3 Å². The molecule has 4 rings (SSSR count). The summed E-state index contributed by atoms with van der Waals surface area (Å²) in [5.41, 5.74) is 3.74. The topological polar surface area (TPSA) is 75.2 Å². The Morgan fingerprint density at radius 1 is 0.939 bits per heavy atom. The highest BCUT2D eigenvalue weighted by Crippen LogP contribution is 2.33. The van der Waals surface area contributed by atoms with Crippen LogP contribution in [0, 0.1) is 13.8 Å². The monoisotopic (exact) mass is 478 g/mol. The van der Waals surface area contributed by atoms with Crippen LogP contribution in [-0.4, -0.2) is 33.2 Å². The first-order valence-electron chi connectivity index (χ1n) is 10.5. The summed E-state index contributed by atoms with van der Waals surface area (Å²) in [5.74, 6) is -0.694. The molecule has 0 saturated heterocycles. The van der Waals surface area contributed by atoms with Crippen LogP contribution in [0.4, 0.5) is 0 Å². The zero-order chi connectivity index (χ0) is 23.4. The number of aromatic nitrogens is 2. The van der Waals surface area contributed by atoms with Crippen LogP contribution < -0.4 is 5.32 Å². The quantitative estimate of drug-likeness (QED) is 0.381. The van der Waals surface area contributed by atoms with E-state index in [9.17, 15) is 9.59 Å². The van der Waals surface area contributed by atoms with Crippen molar-refractivity contribution in [3.8, 4) is 0 Å². The Labute approximate surface area is 202 Å². The van der Waals surface area contributed by atoms with Crippen molar-refractivity contribution < 1.29 is 9.59 Å². The van der Waals surface area contributed by atoms with Crippen LogP contribution in [0.5, 0.6) is 0 Å². The first kappa shape index (κ1) is 23.0. The third-order valence-electron chi connectivity index (χ3n) is 5.16. The molecule has 1 aromatic heterocycles. The van der Waals surface area contributed by atoms with Crippen molar-refractivity contribution >= 4 is 35.2 Å². The molecule has 168 valence electrons. The number of nitrogens with one attached hydrogen (secondary N) is 1. The fourth-order valence-electron chi connectivity index (χ4n) is 3.55. The van der Waals surface area contributed by atoms with Gasteiger partial charge in [-0.3, -0.25) is 14.5 Å². The van der Waals surface area contributed by atoms with Gasteiger partial charge in [0.05, 0.1) is 0 Å². The first-order chi connectivity index (χ1) is 15.9. The number of carbonyl (C=O) groups excluding carboxylic acids is 2. The molecule has 3 aromatic rings. The summed E-state index contributed by atoms with van der Waals surface area (Å²) in [6.45, 7) is 4.35. The number of hydrogen-bond donors (Lipinski definition) is 1. The van der Waals surface area contributed by atoms with Crippen LogP contribution in [0.15, 0.2) is 76.4 Å². The maximum Gasteiger partial charge on any atom is 0.278 e. The van der Waals surface area contributed by atoms with E-state index in [1.165, 1.54) is 4.90 Å². The Morgan fingerprint density at radius 3 is 2.30 bits per heavy atom. The number of rotatable bonds is 8. The summed E-state index contributed by atoms with van der Waals surface area (Å²) in [5, 5.41) is 4.18. The van der Waals surface area contributed by atoms with Crippen LogP contribution in [0.2, 0.25) is 5.02 Å². The molecule has 8 heteroatoms. The highest BCUT2D eigenvalue weighted by Gasteiger charge is 2.39. The Morgan fingerprint density at radius 2 is 1.61 bits per heavy atom. The van der Waals surface area contributed by atoms with Gasteiger partial charge in [0.1, 0.15) is 10.6 Å². The number of halogens is 1. The van der Waals surface area contributed by atoms with Gasteiger partial charge in [-0.05, 0) is 55.3 Å². The molecule has 0 atom stereocenters. The molecule has 1 N–H and O–H groups in total. The number of imide groups is 1. The van der Waals surface area contributed by atoms with Crippen molar-refractivity contribution in [2.75, 3.05) is 6.54 Å². The van der Waals surface area contributed by atoms with Gasteiger partial charge in [0.25, 0.3) is 11.8 Å². The Balaban J connectivity index is 1.60. The van der Waals surface area contributed by atoms with Crippen molar-refractivity contribution in [3.05, 3.63) is 98.8 Å². The Hall–Kier alpha value is -3.16. The summed E-state index contributed by atoms with van der Waals surface area (Å²) < 4.78 is 0. The van der Waals surface area contributed by atoms with E-state index in [1.807, 2.05) is 68.4 Å². The summed E-state index contributed by atoms with van der Waals surface area (Å²) >= 11 is 7.39. The lowest BCUT2D eigenvalue weighted by atomic mass is 10.1. The van der Waals surface area contributed by atoms with Gasteiger partial charge in [-0.15, -0.1) is 0 Å². The summed E-state index contributed by atoms with van der Waals surface area (Å²) in [7, 11) is 0. The van der Waals surface area contributed by atoms with Gasteiger partial charge in [0, 0.05) is 29.5 Å². The van der Waals surface area contributed by atoms with E-state index >= 15 is 0 Å². The minimum atomic E-state index is -0.352. The highest BCUT2D eigenvalue weighted by atomic mass is 35.5. The average molecular weight is 479 g/mol. The molecule has 0 radical (unpaired) electrons. The zero-order valence-electron chi connectivity index (χ0n) is 18.3. The number of carbonyl (C=O) groups is 2. The zero-order valence-corrected chi connectivity index (χ0v) is 19.9. The maximum absolute atomic E-state index is 13.3. The Kier molecular flexibility index (Phi) is 7.11. The molecular weight excluding hydrogens is 456 g/mol. The largest absolute Gasteiger partial charge is 0.375 e. The van der Waals surface area contributed by atoms with Gasteiger partial charge < -0.3 is 5.32 Å². The molecule has 2 amide bonds. The predicted octanol–water partition coefficient (Wildman–Crippen LogP) is 4.45. The minimum Gasteiger partial charge on any atom is -0.375 e. The third kappa shape index (κ3) is 5.43. The number of aryl methyl sites for hydroxylation is 2. The van der Waals surface area contributed by atoms with Gasteiger partial charge in [-0.1, -0.05) is 60.1 Å². The molecule has 0 bridgehead atoms. The second-order valence-corrected chi connectivity index (χ2v) is 9.07. The number of thioether (sulfide) groups is 1. The summed E-state index contributed by atoms with van der Waals surface area (Å²) in [4.78, 5) is 37.0. The minimum absolute atomic E-state index is 0.251. The van der Waals surface area contributed by atoms with Gasteiger partial charge in [-0.25, -0.2) is 9.97 Å². The fourth-order valence-corrected chi connectivity index (χ4v) is 4.77. The number of amides is 2. The van der Waals surface area contributed by atoms with Crippen molar-refractivity contribution in [2.45, 2.75) is 32.0 Å². The third-order valence-corrected chi connectivity index (χ3v) is 6.48. The molecule has 2 heterocycles. The fraction of sp³-hybridized carbons (Fsp3) is 0.200. The maximum atomic E-state index is 13.3. The molecule has 0 fully saturated rings. The number of hydrogen-bond acceptors (Lipinski definition) is 6. The van der Waals surface area contributed by atoms with Gasteiger partial charge in [0.15, 0.2) is 5.16 Å². The molecule has 33 heavy (non-hydrogen) atoms. The lowest BCUT2D eigenvalue weighted by Crippen LogP contribution is -2.35. The second-order valence-electron chi connectivity index (χ2n) is 7.68. The van der Waals surface area contributed by atoms with Crippen LogP contribution in [0.3, 0.4) is 0 Å². The van der Waals surface area contributed by atoms with Crippen molar-refractivity contribution in [3.63, 3.8) is 0 Å². The normalized spacial score (nSPS) is 13.7. The number of nitrogens with zero attached hydrogens (tertiary/aromatic N) is 3. The smallest absolute Gasteiger partial charge is 0.278 e.